The van der Waals surface area contributed by atoms with Crippen molar-refractivity contribution in [2.24, 2.45) is 5.41 Å². The number of hydrogen-bond acceptors (Lipinski definition) is 5. The summed E-state index contributed by atoms with van der Waals surface area (Å²) in [4.78, 5) is 9.37. The lowest BCUT2D eigenvalue weighted by molar-refractivity contribution is 0.183. The van der Waals surface area contributed by atoms with E-state index in [1.54, 1.807) is 11.9 Å². The molecular weight excluding hydrogens is 242 g/mol. The molecule has 1 aromatic rings. The zero-order valence-electron chi connectivity index (χ0n) is 10.5. The molecule has 96 valence electrons. The van der Waals surface area contributed by atoms with Crippen LogP contribution in [0.3, 0.4) is 0 Å². The summed E-state index contributed by atoms with van der Waals surface area (Å²) in [5.41, 5.74) is -0.159. The molecule has 0 amide bonds. The van der Waals surface area contributed by atoms with Gasteiger partial charge in [0.1, 0.15) is 0 Å². The highest BCUT2D eigenvalue weighted by atomic mass is 35.5. The van der Waals surface area contributed by atoms with Gasteiger partial charge in [0.15, 0.2) is 11.6 Å². The van der Waals surface area contributed by atoms with Crippen molar-refractivity contribution < 1.29 is 10.2 Å². The van der Waals surface area contributed by atoms with Crippen molar-refractivity contribution >= 4 is 17.4 Å². The molecular formula is C11H18ClN3O2. The molecule has 1 rings (SSSR count). The summed E-state index contributed by atoms with van der Waals surface area (Å²) in [6.07, 6.45) is 1.25. The molecule has 17 heavy (non-hydrogen) atoms. The number of aromatic hydroxyl groups is 1. The summed E-state index contributed by atoms with van der Waals surface area (Å²) in [6.45, 7) is 5.97. The Kier molecular flexibility index (Phi) is 4.16. The minimum absolute atomic E-state index is 0.0406. The molecule has 0 saturated heterocycles. The largest absolute Gasteiger partial charge is 0.503 e. The molecule has 0 spiro atoms. The van der Waals surface area contributed by atoms with Crippen LogP contribution in [-0.2, 0) is 0 Å². The normalized spacial score (nSPS) is 13.5. The summed E-state index contributed by atoms with van der Waals surface area (Å²) in [5, 5.41) is 19.2. The maximum absolute atomic E-state index is 9.71. The van der Waals surface area contributed by atoms with Crippen molar-refractivity contribution in [2.45, 2.75) is 26.8 Å². The molecule has 0 aliphatic heterocycles. The fourth-order valence-electron chi connectivity index (χ4n) is 1.73. The first-order valence-electron chi connectivity index (χ1n) is 5.32. The smallest absolute Gasteiger partial charge is 0.224 e. The van der Waals surface area contributed by atoms with Crippen molar-refractivity contribution in [3.05, 3.63) is 11.5 Å². The van der Waals surface area contributed by atoms with Gasteiger partial charge in [-0.25, -0.2) is 4.98 Å². The molecule has 1 aromatic heterocycles. The SMILES string of the molecule is CN(c1nc(Cl)ncc1O)[C@H](CO)C(C)(C)C. The van der Waals surface area contributed by atoms with Gasteiger partial charge >= 0.3 is 0 Å². The quantitative estimate of drug-likeness (QED) is 0.809. The highest BCUT2D eigenvalue weighted by Crippen LogP contribution is 2.31. The van der Waals surface area contributed by atoms with Gasteiger partial charge in [0, 0.05) is 7.05 Å². The molecule has 5 nitrogen and oxygen atoms in total. The molecule has 0 bridgehead atoms. The molecule has 0 aromatic carbocycles. The van der Waals surface area contributed by atoms with Crippen LogP contribution in [0.4, 0.5) is 5.82 Å². The first kappa shape index (κ1) is 14.0. The predicted molar refractivity (Wildman–Crippen MR) is 67.4 cm³/mol. The van der Waals surface area contributed by atoms with Gasteiger partial charge in [-0.05, 0) is 17.0 Å². The van der Waals surface area contributed by atoms with E-state index in [9.17, 15) is 10.2 Å². The summed E-state index contributed by atoms with van der Waals surface area (Å²) in [6, 6.07) is -0.181. The van der Waals surface area contributed by atoms with E-state index in [1.807, 2.05) is 20.8 Å². The van der Waals surface area contributed by atoms with Crippen molar-refractivity contribution in [1.82, 2.24) is 9.97 Å². The monoisotopic (exact) mass is 259 g/mol. The second kappa shape index (κ2) is 5.06. The second-order valence-electron chi connectivity index (χ2n) is 5.02. The lowest BCUT2D eigenvalue weighted by atomic mass is 9.86. The third-order valence-corrected chi connectivity index (χ3v) is 2.88. The Hall–Kier alpha value is -1.07. The van der Waals surface area contributed by atoms with E-state index in [2.05, 4.69) is 9.97 Å². The highest BCUT2D eigenvalue weighted by Gasteiger charge is 2.30. The Morgan fingerprint density at radius 3 is 2.53 bits per heavy atom. The Morgan fingerprint density at radius 1 is 1.47 bits per heavy atom. The van der Waals surface area contributed by atoms with E-state index < -0.39 is 0 Å². The lowest BCUT2D eigenvalue weighted by Crippen LogP contribution is -2.45. The molecule has 0 saturated carbocycles. The van der Waals surface area contributed by atoms with Crippen LogP contribution in [0.1, 0.15) is 20.8 Å². The van der Waals surface area contributed by atoms with Crippen LogP contribution >= 0.6 is 11.6 Å². The minimum atomic E-state index is -0.181. The number of aliphatic hydroxyl groups is 1. The fourth-order valence-corrected chi connectivity index (χ4v) is 1.86. The summed E-state index contributed by atoms with van der Waals surface area (Å²) >= 11 is 5.70. The Balaban J connectivity index is 3.10. The third kappa shape index (κ3) is 3.20. The molecule has 0 aliphatic rings. The van der Waals surface area contributed by atoms with Gasteiger partial charge < -0.3 is 15.1 Å². The first-order chi connectivity index (χ1) is 7.77. The van der Waals surface area contributed by atoms with Crippen molar-refractivity contribution in [1.29, 1.82) is 0 Å². The number of aromatic nitrogens is 2. The van der Waals surface area contributed by atoms with Crippen LogP contribution < -0.4 is 4.90 Å². The highest BCUT2D eigenvalue weighted by molar-refractivity contribution is 6.28. The standard InChI is InChI=1S/C11H18ClN3O2/c1-11(2,3)8(6-16)15(4)9-7(17)5-13-10(12)14-9/h5,8,16-17H,6H2,1-4H3/t8-/m1/s1. The molecule has 0 radical (unpaired) electrons. The van der Waals surface area contributed by atoms with E-state index in [0.717, 1.165) is 0 Å². The number of rotatable bonds is 3. The van der Waals surface area contributed by atoms with E-state index in [-0.39, 0.29) is 29.1 Å². The zero-order chi connectivity index (χ0) is 13.2. The minimum Gasteiger partial charge on any atom is -0.503 e. The Labute approximate surface area is 106 Å². The van der Waals surface area contributed by atoms with E-state index in [4.69, 9.17) is 11.6 Å². The van der Waals surface area contributed by atoms with Gasteiger partial charge in [-0.2, -0.15) is 4.98 Å². The van der Waals surface area contributed by atoms with Crippen LogP contribution in [0, 0.1) is 5.41 Å². The molecule has 1 atom stereocenters. The van der Waals surface area contributed by atoms with E-state index >= 15 is 0 Å². The zero-order valence-corrected chi connectivity index (χ0v) is 11.2. The molecule has 0 fully saturated rings. The lowest BCUT2D eigenvalue weighted by Gasteiger charge is -2.37. The maximum Gasteiger partial charge on any atom is 0.224 e. The maximum atomic E-state index is 9.71. The number of halogens is 1. The van der Waals surface area contributed by atoms with Crippen LogP contribution in [0.15, 0.2) is 6.20 Å². The summed E-state index contributed by atoms with van der Waals surface area (Å²) < 4.78 is 0. The topological polar surface area (TPSA) is 69.5 Å². The van der Waals surface area contributed by atoms with E-state index in [0.29, 0.717) is 5.82 Å². The number of aliphatic hydroxyl groups excluding tert-OH is 1. The van der Waals surface area contributed by atoms with Gasteiger partial charge in [0.2, 0.25) is 5.28 Å². The molecule has 6 heteroatoms. The van der Waals surface area contributed by atoms with E-state index in [1.165, 1.54) is 6.20 Å². The van der Waals surface area contributed by atoms with Crippen LogP contribution in [-0.4, -0.2) is 39.9 Å². The first-order valence-corrected chi connectivity index (χ1v) is 5.70. The summed E-state index contributed by atoms with van der Waals surface area (Å²) in [7, 11) is 1.75. The second-order valence-corrected chi connectivity index (χ2v) is 5.36. The Bertz CT molecular complexity index is 393. The Morgan fingerprint density at radius 2 is 2.06 bits per heavy atom. The van der Waals surface area contributed by atoms with Gasteiger partial charge in [-0.1, -0.05) is 20.8 Å². The molecule has 2 N–H and O–H groups in total. The average Bonchev–Trinajstić information content (AvgIpc) is 2.20. The van der Waals surface area contributed by atoms with Gasteiger partial charge in [-0.3, -0.25) is 0 Å². The number of likely N-dealkylation sites (N-methyl/N-ethyl adjacent to an activating group) is 1. The average molecular weight is 260 g/mol. The van der Waals surface area contributed by atoms with Gasteiger partial charge in [0.05, 0.1) is 18.8 Å². The number of hydrogen-bond donors (Lipinski definition) is 2. The van der Waals surface area contributed by atoms with Gasteiger partial charge in [0.25, 0.3) is 0 Å². The van der Waals surface area contributed by atoms with Crippen molar-refractivity contribution in [3.8, 4) is 5.75 Å². The van der Waals surface area contributed by atoms with Crippen LogP contribution in [0.25, 0.3) is 0 Å². The molecule has 1 heterocycles. The van der Waals surface area contributed by atoms with Crippen molar-refractivity contribution in [3.63, 3.8) is 0 Å². The number of anilines is 1. The van der Waals surface area contributed by atoms with Crippen LogP contribution in [0.5, 0.6) is 5.75 Å². The summed E-state index contributed by atoms with van der Waals surface area (Å²) in [5.74, 6) is 0.263. The predicted octanol–water partition coefficient (Wildman–Crippen LogP) is 1.68. The fraction of sp³-hybridized carbons (Fsp3) is 0.636. The molecule has 0 aliphatic carbocycles. The number of nitrogens with zero attached hydrogens (tertiary/aromatic N) is 3. The van der Waals surface area contributed by atoms with Crippen molar-refractivity contribution in [2.75, 3.05) is 18.6 Å². The van der Waals surface area contributed by atoms with Crippen LogP contribution in [0.2, 0.25) is 5.28 Å². The molecule has 0 unspecified atom stereocenters. The van der Waals surface area contributed by atoms with Gasteiger partial charge in [-0.15, -0.1) is 0 Å². The third-order valence-electron chi connectivity index (χ3n) is 2.69.